The topological polar surface area (TPSA) is 40.5 Å². The van der Waals surface area contributed by atoms with Gasteiger partial charge in [0.05, 0.1) is 35.0 Å². The molecule has 0 aliphatic carbocycles. The molecular formula is C21H16Cl3NO3. The number of carbonyl (C=O) groups excluding carboxylic acids is 1. The van der Waals surface area contributed by atoms with Gasteiger partial charge in [-0.3, -0.25) is 4.79 Å². The molecule has 1 aromatic heterocycles. The van der Waals surface area contributed by atoms with E-state index in [4.69, 9.17) is 44.3 Å². The highest BCUT2D eigenvalue weighted by Gasteiger charge is 2.33. The van der Waals surface area contributed by atoms with E-state index in [1.807, 2.05) is 53.2 Å². The van der Waals surface area contributed by atoms with E-state index >= 15 is 0 Å². The van der Waals surface area contributed by atoms with Gasteiger partial charge in [-0.2, -0.15) is 0 Å². The predicted octanol–water partition coefficient (Wildman–Crippen LogP) is 6.16. The zero-order valence-corrected chi connectivity index (χ0v) is 17.1. The van der Waals surface area contributed by atoms with E-state index < -0.39 is 12.2 Å². The number of fused-ring (bicyclic) bond motifs is 3. The van der Waals surface area contributed by atoms with Crippen LogP contribution in [0.1, 0.15) is 35.4 Å². The standard InChI is InChI=1S/C21H16Cl3NO3/c1-27-19(26)11-18-17-6-3-9-25(17)16-8-7-12(22)10-14(16)21(28-18)13-4-2-5-15(23)20(13)24/h2-10,18,21H,11H2,1H3. The Balaban J connectivity index is 1.93. The molecule has 1 aliphatic heterocycles. The van der Waals surface area contributed by atoms with Crippen molar-refractivity contribution in [3.05, 3.63) is 86.6 Å². The van der Waals surface area contributed by atoms with Gasteiger partial charge in [0.15, 0.2) is 0 Å². The maximum Gasteiger partial charge on any atom is 0.308 e. The van der Waals surface area contributed by atoms with Crippen molar-refractivity contribution in [3.8, 4) is 5.69 Å². The summed E-state index contributed by atoms with van der Waals surface area (Å²) in [5, 5.41) is 1.41. The lowest BCUT2D eigenvalue weighted by molar-refractivity contribution is -0.145. The molecular weight excluding hydrogens is 421 g/mol. The van der Waals surface area contributed by atoms with E-state index in [2.05, 4.69) is 0 Å². The van der Waals surface area contributed by atoms with Crippen LogP contribution in [-0.4, -0.2) is 17.6 Å². The van der Waals surface area contributed by atoms with Gasteiger partial charge in [-0.05, 0) is 36.4 Å². The highest BCUT2D eigenvalue weighted by Crippen LogP contribution is 2.44. The van der Waals surface area contributed by atoms with Crippen molar-refractivity contribution in [1.82, 2.24) is 4.57 Å². The fraction of sp³-hybridized carbons (Fsp3) is 0.190. The lowest BCUT2D eigenvalue weighted by Gasteiger charge is -2.24. The van der Waals surface area contributed by atoms with Crippen LogP contribution in [0.2, 0.25) is 15.1 Å². The second-order valence-electron chi connectivity index (χ2n) is 6.43. The van der Waals surface area contributed by atoms with Crippen LogP contribution in [0.3, 0.4) is 0 Å². The molecule has 0 fully saturated rings. The second-order valence-corrected chi connectivity index (χ2v) is 7.66. The summed E-state index contributed by atoms with van der Waals surface area (Å²) >= 11 is 19.1. The average molecular weight is 437 g/mol. The molecule has 4 rings (SSSR count). The molecule has 0 spiro atoms. The molecule has 0 N–H and O–H groups in total. The SMILES string of the molecule is COC(=O)CC1OC(c2cccc(Cl)c2Cl)c2cc(Cl)ccc2-n2cccc21. The fourth-order valence-corrected chi connectivity index (χ4v) is 4.08. The van der Waals surface area contributed by atoms with Crippen LogP contribution in [-0.2, 0) is 14.3 Å². The Kier molecular flexibility index (Phi) is 5.39. The number of rotatable bonds is 3. The first-order valence-corrected chi connectivity index (χ1v) is 9.76. The van der Waals surface area contributed by atoms with Gasteiger partial charge in [0.25, 0.3) is 0 Å². The maximum absolute atomic E-state index is 12.0. The minimum Gasteiger partial charge on any atom is -0.469 e. The van der Waals surface area contributed by atoms with E-state index in [1.165, 1.54) is 7.11 Å². The van der Waals surface area contributed by atoms with Crippen molar-refractivity contribution in [2.24, 2.45) is 0 Å². The van der Waals surface area contributed by atoms with E-state index in [0.29, 0.717) is 20.6 Å². The Labute approximate surface area is 177 Å². The van der Waals surface area contributed by atoms with Crippen molar-refractivity contribution in [2.45, 2.75) is 18.6 Å². The van der Waals surface area contributed by atoms with E-state index in [0.717, 1.165) is 16.9 Å². The Bertz CT molecular complexity index is 1050. The molecule has 3 aromatic rings. The monoisotopic (exact) mass is 435 g/mol. The van der Waals surface area contributed by atoms with Crippen molar-refractivity contribution in [2.75, 3.05) is 7.11 Å². The molecule has 7 heteroatoms. The molecule has 1 aliphatic rings. The van der Waals surface area contributed by atoms with Crippen LogP contribution in [0.4, 0.5) is 0 Å². The number of benzene rings is 2. The summed E-state index contributed by atoms with van der Waals surface area (Å²) in [6.45, 7) is 0. The third-order valence-electron chi connectivity index (χ3n) is 4.79. The van der Waals surface area contributed by atoms with Gasteiger partial charge in [0, 0.05) is 22.3 Å². The number of ether oxygens (including phenoxy) is 2. The lowest BCUT2D eigenvalue weighted by atomic mass is 9.99. The van der Waals surface area contributed by atoms with Crippen LogP contribution in [0.15, 0.2) is 54.7 Å². The van der Waals surface area contributed by atoms with Gasteiger partial charge in [-0.1, -0.05) is 46.9 Å². The number of hydrogen-bond donors (Lipinski definition) is 0. The number of aromatic nitrogens is 1. The van der Waals surface area contributed by atoms with Gasteiger partial charge in [-0.25, -0.2) is 0 Å². The number of hydrogen-bond acceptors (Lipinski definition) is 3. The van der Waals surface area contributed by atoms with E-state index in [9.17, 15) is 4.79 Å². The molecule has 0 saturated heterocycles. The average Bonchev–Trinajstić information content (AvgIpc) is 3.13. The van der Waals surface area contributed by atoms with Crippen molar-refractivity contribution in [3.63, 3.8) is 0 Å². The molecule has 2 heterocycles. The largest absolute Gasteiger partial charge is 0.469 e. The summed E-state index contributed by atoms with van der Waals surface area (Å²) in [6, 6.07) is 14.8. The molecule has 2 unspecified atom stereocenters. The molecule has 2 atom stereocenters. The summed E-state index contributed by atoms with van der Waals surface area (Å²) in [7, 11) is 1.36. The molecule has 144 valence electrons. The Morgan fingerprint density at radius 3 is 2.71 bits per heavy atom. The zero-order chi connectivity index (χ0) is 19.8. The summed E-state index contributed by atoms with van der Waals surface area (Å²) < 4.78 is 13.3. The lowest BCUT2D eigenvalue weighted by Crippen LogP contribution is -2.15. The fourth-order valence-electron chi connectivity index (χ4n) is 3.49. The second kappa shape index (κ2) is 7.80. The maximum atomic E-state index is 12.0. The molecule has 0 saturated carbocycles. The predicted molar refractivity (Wildman–Crippen MR) is 110 cm³/mol. The van der Waals surface area contributed by atoms with Gasteiger partial charge in [0.1, 0.15) is 12.2 Å². The molecule has 0 bridgehead atoms. The Morgan fingerprint density at radius 1 is 1.11 bits per heavy atom. The smallest absolute Gasteiger partial charge is 0.308 e. The van der Waals surface area contributed by atoms with Crippen LogP contribution < -0.4 is 0 Å². The minimum atomic E-state index is -0.561. The Hall–Kier alpha value is -1.98. The molecule has 4 nitrogen and oxygen atoms in total. The quantitative estimate of drug-likeness (QED) is 0.462. The normalized spacial score (nSPS) is 18.1. The summed E-state index contributed by atoms with van der Waals surface area (Å²) in [5.74, 6) is -0.363. The first-order chi connectivity index (χ1) is 13.5. The number of carbonyl (C=O) groups is 1. The zero-order valence-electron chi connectivity index (χ0n) is 14.9. The van der Waals surface area contributed by atoms with Crippen LogP contribution in [0, 0.1) is 0 Å². The van der Waals surface area contributed by atoms with Crippen molar-refractivity contribution >= 4 is 40.8 Å². The summed E-state index contributed by atoms with van der Waals surface area (Å²) in [5.41, 5.74) is 3.28. The molecule has 0 radical (unpaired) electrons. The molecule has 2 aromatic carbocycles. The highest BCUT2D eigenvalue weighted by molar-refractivity contribution is 6.42. The summed E-state index contributed by atoms with van der Waals surface area (Å²) in [4.78, 5) is 12.0. The first kappa shape index (κ1) is 19.3. The Morgan fingerprint density at radius 2 is 1.93 bits per heavy atom. The third-order valence-corrected chi connectivity index (χ3v) is 5.85. The van der Waals surface area contributed by atoms with Gasteiger partial charge in [0.2, 0.25) is 0 Å². The van der Waals surface area contributed by atoms with E-state index in [-0.39, 0.29) is 12.4 Å². The number of esters is 1. The van der Waals surface area contributed by atoms with Crippen LogP contribution >= 0.6 is 34.8 Å². The number of methoxy groups -OCH3 is 1. The first-order valence-electron chi connectivity index (χ1n) is 8.63. The third kappa shape index (κ3) is 3.42. The van der Waals surface area contributed by atoms with Crippen molar-refractivity contribution in [1.29, 1.82) is 0 Å². The van der Waals surface area contributed by atoms with Gasteiger partial charge >= 0.3 is 5.97 Å². The number of halogens is 3. The van der Waals surface area contributed by atoms with Gasteiger partial charge in [-0.15, -0.1) is 0 Å². The molecule has 0 amide bonds. The van der Waals surface area contributed by atoms with Crippen molar-refractivity contribution < 1.29 is 14.3 Å². The van der Waals surface area contributed by atoms with Crippen LogP contribution in [0.25, 0.3) is 5.69 Å². The molecule has 28 heavy (non-hydrogen) atoms. The number of nitrogens with zero attached hydrogens (tertiary/aromatic N) is 1. The van der Waals surface area contributed by atoms with Crippen LogP contribution in [0.5, 0.6) is 0 Å². The minimum absolute atomic E-state index is 0.0664. The highest BCUT2D eigenvalue weighted by atomic mass is 35.5. The summed E-state index contributed by atoms with van der Waals surface area (Å²) in [6.07, 6.45) is 0.900. The van der Waals surface area contributed by atoms with Gasteiger partial charge < -0.3 is 14.0 Å². The van der Waals surface area contributed by atoms with E-state index in [1.54, 1.807) is 6.07 Å².